The summed E-state index contributed by atoms with van der Waals surface area (Å²) in [5.74, 6) is -0.623. The molecule has 1 aliphatic rings. The maximum Gasteiger partial charge on any atom is 0.240 e. The van der Waals surface area contributed by atoms with Crippen molar-refractivity contribution in [3.05, 3.63) is 0 Å². The second-order valence-corrected chi connectivity index (χ2v) is 4.66. The Hall–Kier alpha value is -1.08. The fraction of sp³-hybridized carbons (Fsp3) is 0.846. The van der Waals surface area contributed by atoms with Gasteiger partial charge in [-0.25, -0.2) is 0 Å². The molecule has 1 rings (SSSR count). The molecule has 0 aromatic heterocycles. The van der Waals surface area contributed by atoms with Crippen LogP contribution >= 0.6 is 0 Å². The number of nitrogens with zero attached hydrogens (tertiary/aromatic N) is 2. The Morgan fingerprint density at radius 3 is 2.65 bits per heavy atom. The predicted molar refractivity (Wildman–Crippen MR) is 65.1 cm³/mol. The van der Waals surface area contributed by atoms with Crippen molar-refractivity contribution < 1.29 is 9.90 Å². The first kappa shape index (κ1) is 14.0. The molecule has 1 atom stereocenters. The second-order valence-electron chi connectivity index (χ2n) is 4.66. The van der Waals surface area contributed by atoms with Crippen LogP contribution in [0.4, 0.5) is 0 Å². The van der Waals surface area contributed by atoms with Crippen LogP contribution in [0.25, 0.3) is 0 Å². The Morgan fingerprint density at radius 2 is 2.18 bits per heavy atom. The molecule has 4 heteroatoms. The van der Waals surface area contributed by atoms with Crippen molar-refractivity contribution in [2.45, 2.75) is 51.5 Å². The van der Waals surface area contributed by atoms with E-state index in [-0.39, 0.29) is 18.6 Å². The Bertz CT molecular complexity index is 280. The van der Waals surface area contributed by atoms with Gasteiger partial charge in [0.2, 0.25) is 5.91 Å². The smallest absolute Gasteiger partial charge is 0.240 e. The summed E-state index contributed by atoms with van der Waals surface area (Å²) in [4.78, 5) is 14.0. The molecule has 1 amide bonds. The summed E-state index contributed by atoms with van der Waals surface area (Å²) < 4.78 is 0. The van der Waals surface area contributed by atoms with Crippen LogP contribution in [0, 0.1) is 17.2 Å². The molecular weight excluding hydrogens is 216 g/mol. The molecule has 0 radical (unpaired) electrons. The van der Waals surface area contributed by atoms with Crippen LogP contribution in [-0.4, -0.2) is 35.1 Å². The van der Waals surface area contributed by atoms with Crippen molar-refractivity contribution in [3.8, 4) is 6.07 Å². The summed E-state index contributed by atoms with van der Waals surface area (Å²) in [6, 6.07) is 2.33. The number of aliphatic hydroxyl groups is 1. The first-order chi connectivity index (χ1) is 8.24. The van der Waals surface area contributed by atoms with Gasteiger partial charge in [0, 0.05) is 12.6 Å². The number of carbonyl (C=O) groups excluding carboxylic acids is 1. The zero-order chi connectivity index (χ0) is 12.7. The third-order valence-electron chi connectivity index (χ3n) is 3.42. The van der Waals surface area contributed by atoms with E-state index in [1.165, 1.54) is 0 Å². The number of hydrogen-bond donors (Lipinski definition) is 1. The molecular formula is C13H22N2O2. The van der Waals surface area contributed by atoms with Crippen molar-refractivity contribution >= 4 is 5.91 Å². The Balaban J connectivity index is 2.67. The minimum atomic E-state index is -0.535. The van der Waals surface area contributed by atoms with Crippen molar-refractivity contribution in [2.24, 2.45) is 5.92 Å². The highest BCUT2D eigenvalue weighted by Gasteiger charge is 2.30. The summed E-state index contributed by atoms with van der Waals surface area (Å²) >= 11 is 0. The summed E-state index contributed by atoms with van der Waals surface area (Å²) in [7, 11) is 0. The minimum absolute atomic E-state index is 0.0213. The van der Waals surface area contributed by atoms with Gasteiger partial charge in [0.15, 0.2) is 0 Å². The highest BCUT2D eigenvalue weighted by molar-refractivity contribution is 5.81. The van der Waals surface area contributed by atoms with Gasteiger partial charge in [-0.05, 0) is 19.3 Å². The Kier molecular flexibility index (Phi) is 5.99. The molecule has 1 fully saturated rings. The van der Waals surface area contributed by atoms with Gasteiger partial charge in [-0.2, -0.15) is 5.26 Å². The molecule has 1 aliphatic carbocycles. The lowest BCUT2D eigenvalue weighted by molar-refractivity contribution is -0.136. The average molecular weight is 238 g/mol. The third kappa shape index (κ3) is 3.71. The second kappa shape index (κ2) is 7.29. The zero-order valence-corrected chi connectivity index (χ0v) is 10.6. The standard InChI is InChI=1S/C13H22N2O2/c1-2-5-11(10-14)13(17)15(8-9-16)12-6-3-4-7-12/h11-12,16H,2-9H2,1H3. The molecule has 0 aliphatic heterocycles. The highest BCUT2D eigenvalue weighted by atomic mass is 16.3. The topological polar surface area (TPSA) is 64.3 Å². The van der Waals surface area contributed by atoms with E-state index >= 15 is 0 Å². The summed E-state index contributed by atoms with van der Waals surface area (Å²) in [5.41, 5.74) is 0. The van der Waals surface area contributed by atoms with E-state index in [0.29, 0.717) is 13.0 Å². The number of hydrogen-bond acceptors (Lipinski definition) is 3. The number of rotatable bonds is 6. The minimum Gasteiger partial charge on any atom is -0.395 e. The van der Waals surface area contributed by atoms with E-state index in [4.69, 9.17) is 10.4 Å². The third-order valence-corrected chi connectivity index (χ3v) is 3.42. The summed E-state index contributed by atoms with van der Waals surface area (Å²) in [6.07, 6.45) is 5.76. The monoisotopic (exact) mass is 238 g/mol. The van der Waals surface area contributed by atoms with E-state index in [0.717, 1.165) is 32.1 Å². The number of aliphatic hydroxyl groups excluding tert-OH is 1. The van der Waals surface area contributed by atoms with Gasteiger partial charge in [0.1, 0.15) is 5.92 Å². The van der Waals surface area contributed by atoms with Crippen molar-refractivity contribution in [2.75, 3.05) is 13.2 Å². The van der Waals surface area contributed by atoms with Crippen LogP contribution in [0.3, 0.4) is 0 Å². The molecule has 1 N–H and O–H groups in total. The van der Waals surface area contributed by atoms with E-state index in [2.05, 4.69) is 6.07 Å². The van der Waals surface area contributed by atoms with E-state index in [1.54, 1.807) is 4.90 Å². The van der Waals surface area contributed by atoms with Crippen LogP contribution in [0.5, 0.6) is 0 Å². The molecule has 96 valence electrons. The highest BCUT2D eigenvalue weighted by Crippen LogP contribution is 2.25. The molecule has 0 aromatic rings. The van der Waals surface area contributed by atoms with Gasteiger partial charge < -0.3 is 10.0 Å². The average Bonchev–Trinajstić information content (AvgIpc) is 2.85. The molecule has 0 heterocycles. The molecule has 17 heavy (non-hydrogen) atoms. The summed E-state index contributed by atoms with van der Waals surface area (Å²) in [6.45, 7) is 2.32. The van der Waals surface area contributed by atoms with Crippen molar-refractivity contribution in [1.29, 1.82) is 5.26 Å². The molecule has 4 nitrogen and oxygen atoms in total. The number of amides is 1. The first-order valence-electron chi connectivity index (χ1n) is 6.55. The first-order valence-corrected chi connectivity index (χ1v) is 6.55. The fourth-order valence-corrected chi connectivity index (χ4v) is 2.53. The quantitative estimate of drug-likeness (QED) is 0.766. The fourth-order valence-electron chi connectivity index (χ4n) is 2.53. The van der Waals surface area contributed by atoms with Crippen molar-refractivity contribution in [3.63, 3.8) is 0 Å². The summed E-state index contributed by atoms with van der Waals surface area (Å²) in [5, 5.41) is 18.1. The molecule has 0 bridgehead atoms. The van der Waals surface area contributed by atoms with Crippen LogP contribution < -0.4 is 0 Å². The maximum absolute atomic E-state index is 12.2. The maximum atomic E-state index is 12.2. The Morgan fingerprint density at radius 1 is 1.53 bits per heavy atom. The van der Waals surface area contributed by atoms with Gasteiger partial charge >= 0.3 is 0 Å². The van der Waals surface area contributed by atoms with Crippen LogP contribution in [0.15, 0.2) is 0 Å². The lowest BCUT2D eigenvalue weighted by Crippen LogP contribution is -2.43. The largest absolute Gasteiger partial charge is 0.395 e. The van der Waals surface area contributed by atoms with Gasteiger partial charge in [-0.3, -0.25) is 4.79 Å². The normalized spacial score (nSPS) is 17.7. The van der Waals surface area contributed by atoms with E-state index in [9.17, 15) is 4.79 Å². The SMILES string of the molecule is CCCC(C#N)C(=O)N(CCO)C1CCCC1. The predicted octanol–water partition coefficient (Wildman–Crippen LogP) is 1.69. The molecule has 0 spiro atoms. The van der Waals surface area contributed by atoms with Crippen molar-refractivity contribution in [1.82, 2.24) is 4.90 Å². The van der Waals surface area contributed by atoms with Gasteiger partial charge in [0.25, 0.3) is 0 Å². The zero-order valence-electron chi connectivity index (χ0n) is 10.6. The van der Waals surface area contributed by atoms with Crippen LogP contribution in [-0.2, 0) is 4.79 Å². The Labute approximate surface area is 103 Å². The number of carbonyl (C=O) groups is 1. The molecule has 0 saturated heterocycles. The van der Waals surface area contributed by atoms with Gasteiger partial charge in [-0.1, -0.05) is 26.2 Å². The molecule has 0 aromatic carbocycles. The van der Waals surface area contributed by atoms with E-state index in [1.807, 2.05) is 6.92 Å². The molecule has 1 unspecified atom stereocenters. The van der Waals surface area contributed by atoms with Crippen LogP contribution in [0.1, 0.15) is 45.4 Å². The lowest BCUT2D eigenvalue weighted by Gasteiger charge is -2.30. The lowest BCUT2D eigenvalue weighted by atomic mass is 10.0. The van der Waals surface area contributed by atoms with Gasteiger partial charge in [0.05, 0.1) is 12.7 Å². The van der Waals surface area contributed by atoms with E-state index < -0.39 is 5.92 Å². The van der Waals surface area contributed by atoms with Gasteiger partial charge in [-0.15, -0.1) is 0 Å². The van der Waals surface area contributed by atoms with Crippen LogP contribution in [0.2, 0.25) is 0 Å². The number of nitriles is 1. The molecule has 1 saturated carbocycles.